The van der Waals surface area contributed by atoms with Gasteiger partial charge in [-0.2, -0.15) is 5.26 Å². The standard InChI is InChI=1S/C28H40N4O2S2/c1-6-9-12-21(8-3)18-32-27(34)24(36-28(32)35)15-22-20(5)23(16-29)26(33)31(13-7-2)25(22)30-14-10-11-19(4)17-30/h15,19,21H,6-14,17-18H2,1-5H3. The highest BCUT2D eigenvalue weighted by Crippen LogP contribution is 2.37. The first kappa shape index (κ1) is 28.5. The second-order valence-corrected chi connectivity index (χ2v) is 11.9. The van der Waals surface area contributed by atoms with Gasteiger partial charge in [0, 0.05) is 31.7 Å². The lowest BCUT2D eigenvalue weighted by atomic mass is 9.97. The number of unbranched alkanes of at least 4 members (excludes halogenated alkanes) is 1. The third-order valence-corrected chi connectivity index (χ3v) is 8.76. The molecule has 3 rings (SSSR count). The van der Waals surface area contributed by atoms with Crippen molar-refractivity contribution in [3.63, 3.8) is 0 Å². The van der Waals surface area contributed by atoms with E-state index in [0.29, 0.717) is 39.7 Å². The van der Waals surface area contributed by atoms with E-state index in [2.05, 4.69) is 31.7 Å². The van der Waals surface area contributed by atoms with Crippen LogP contribution in [0.5, 0.6) is 0 Å². The highest BCUT2D eigenvalue weighted by molar-refractivity contribution is 8.26. The van der Waals surface area contributed by atoms with Crippen molar-refractivity contribution in [2.24, 2.45) is 11.8 Å². The number of thioether (sulfide) groups is 1. The van der Waals surface area contributed by atoms with Crippen molar-refractivity contribution >= 4 is 46.1 Å². The average Bonchev–Trinajstić information content (AvgIpc) is 3.12. The predicted molar refractivity (Wildman–Crippen MR) is 154 cm³/mol. The van der Waals surface area contributed by atoms with Crippen LogP contribution in [0, 0.1) is 30.1 Å². The molecule has 36 heavy (non-hydrogen) atoms. The van der Waals surface area contributed by atoms with Crippen LogP contribution in [0.2, 0.25) is 0 Å². The maximum absolute atomic E-state index is 13.5. The molecule has 0 aliphatic carbocycles. The zero-order chi connectivity index (χ0) is 26.4. The minimum Gasteiger partial charge on any atom is -0.357 e. The summed E-state index contributed by atoms with van der Waals surface area (Å²) in [5, 5.41) is 9.85. The van der Waals surface area contributed by atoms with E-state index in [1.165, 1.54) is 11.8 Å². The lowest BCUT2D eigenvalue weighted by molar-refractivity contribution is -0.122. The van der Waals surface area contributed by atoms with Crippen LogP contribution < -0.4 is 10.5 Å². The molecule has 1 aromatic heterocycles. The Morgan fingerprint density at radius 2 is 2.00 bits per heavy atom. The summed E-state index contributed by atoms with van der Waals surface area (Å²) in [5.41, 5.74) is 1.36. The number of aromatic nitrogens is 1. The van der Waals surface area contributed by atoms with Gasteiger partial charge in [-0.05, 0) is 56.1 Å². The van der Waals surface area contributed by atoms with Crippen LogP contribution in [0.1, 0.15) is 89.3 Å². The molecule has 0 bridgehead atoms. The summed E-state index contributed by atoms with van der Waals surface area (Å²) in [5.74, 6) is 1.71. The SMILES string of the molecule is CCCCC(CC)CN1C(=O)C(=Cc2c(C)c(C#N)c(=O)n(CCC)c2N2CCCC(C)C2)SC1=S. The molecule has 1 aromatic rings. The Morgan fingerprint density at radius 1 is 1.25 bits per heavy atom. The molecule has 6 nitrogen and oxygen atoms in total. The van der Waals surface area contributed by atoms with E-state index in [1.807, 2.05) is 19.9 Å². The van der Waals surface area contributed by atoms with E-state index in [-0.39, 0.29) is 17.0 Å². The van der Waals surface area contributed by atoms with Crippen molar-refractivity contribution in [3.8, 4) is 6.07 Å². The molecule has 1 amide bonds. The minimum absolute atomic E-state index is 0.0657. The van der Waals surface area contributed by atoms with E-state index in [0.717, 1.165) is 69.4 Å². The predicted octanol–water partition coefficient (Wildman–Crippen LogP) is 6.09. The first-order valence-corrected chi connectivity index (χ1v) is 14.7. The summed E-state index contributed by atoms with van der Waals surface area (Å²) in [6, 6.07) is 2.14. The topological polar surface area (TPSA) is 69.3 Å². The summed E-state index contributed by atoms with van der Waals surface area (Å²) in [7, 11) is 0. The van der Waals surface area contributed by atoms with E-state index in [1.54, 1.807) is 9.47 Å². The Kier molecular flexibility index (Phi) is 10.2. The molecule has 2 saturated heterocycles. The third kappa shape index (κ3) is 6.06. The fraction of sp³-hybridized carbons (Fsp3) is 0.643. The second-order valence-electron chi connectivity index (χ2n) is 10.2. The van der Waals surface area contributed by atoms with Gasteiger partial charge in [-0.1, -0.05) is 70.9 Å². The van der Waals surface area contributed by atoms with E-state index >= 15 is 0 Å². The molecular weight excluding hydrogens is 488 g/mol. The maximum Gasteiger partial charge on any atom is 0.270 e. The highest BCUT2D eigenvalue weighted by Gasteiger charge is 2.34. The molecule has 0 aromatic carbocycles. The number of piperidine rings is 1. The van der Waals surface area contributed by atoms with Crippen molar-refractivity contribution in [1.82, 2.24) is 9.47 Å². The quantitative estimate of drug-likeness (QED) is 0.270. The van der Waals surface area contributed by atoms with Gasteiger partial charge in [0.05, 0.1) is 4.91 Å². The number of nitriles is 1. The molecule has 8 heteroatoms. The summed E-state index contributed by atoms with van der Waals surface area (Å²) < 4.78 is 2.35. The summed E-state index contributed by atoms with van der Waals surface area (Å²) in [4.78, 5) is 31.5. The second kappa shape index (κ2) is 12.9. The molecule has 0 radical (unpaired) electrons. The summed E-state index contributed by atoms with van der Waals surface area (Å²) in [6.45, 7) is 13.3. The van der Waals surface area contributed by atoms with Crippen LogP contribution in [-0.4, -0.2) is 39.3 Å². The van der Waals surface area contributed by atoms with E-state index in [4.69, 9.17) is 12.2 Å². The van der Waals surface area contributed by atoms with Gasteiger partial charge in [0.25, 0.3) is 11.5 Å². The number of anilines is 1. The van der Waals surface area contributed by atoms with Crippen molar-refractivity contribution in [3.05, 3.63) is 31.9 Å². The first-order valence-electron chi connectivity index (χ1n) is 13.4. The Bertz CT molecular complexity index is 1120. The van der Waals surface area contributed by atoms with Crippen molar-refractivity contribution in [2.45, 2.75) is 86.1 Å². The van der Waals surface area contributed by atoms with Gasteiger partial charge in [0.15, 0.2) is 0 Å². The summed E-state index contributed by atoms with van der Waals surface area (Å²) in [6.07, 6.45) is 9.28. The molecular formula is C28H40N4O2S2. The van der Waals surface area contributed by atoms with Gasteiger partial charge in [-0.3, -0.25) is 19.1 Å². The molecule has 2 aliphatic heterocycles. The van der Waals surface area contributed by atoms with Crippen molar-refractivity contribution < 1.29 is 4.79 Å². The zero-order valence-corrected chi connectivity index (χ0v) is 24.1. The number of pyridine rings is 1. The average molecular weight is 529 g/mol. The molecule has 3 heterocycles. The molecule has 0 N–H and O–H groups in total. The van der Waals surface area contributed by atoms with Gasteiger partial charge in [-0.25, -0.2) is 0 Å². The molecule has 0 spiro atoms. The highest BCUT2D eigenvalue weighted by atomic mass is 32.2. The molecule has 2 unspecified atom stereocenters. The maximum atomic E-state index is 13.5. The number of hydrogen-bond acceptors (Lipinski definition) is 6. The molecule has 196 valence electrons. The first-order chi connectivity index (χ1) is 17.3. The summed E-state index contributed by atoms with van der Waals surface area (Å²) >= 11 is 6.98. The Balaban J connectivity index is 2.10. The number of carbonyl (C=O) groups excluding carboxylic acids is 1. The monoisotopic (exact) mass is 528 g/mol. The van der Waals surface area contributed by atoms with Crippen molar-refractivity contribution in [1.29, 1.82) is 5.26 Å². The Labute approximate surface area is 225 Å². The Morgan fingerprint density at radius 3 is 2.61 bits per heavy atom. The smallest absolute Gasteiger partial charge is 0.270 e. The lowest BCUT2D eigenvalue weighted by Crippen LogP contribution is -2.40. The largest absolute Gasteiger partial charge is 0.357 e. The normalized spacial score (nSPS) is 20.3. The molecule has 2 atom stereocenters. The third-order valence-electron chi connectivity index (χ3n) is 7.38. The van der Waals surface area contributed by atoms with Crippen molar-refractivity contribution in [2.75, 3.05) is 24.5 Å². The molecule has 2 aliphatic rings. The minimum atomic E-state index is -0.239. The van der Waals surface area contributed by atoms with Crippen LogP contribution in [0.25, 0.3) is 6.08 Å². The van der Waals surface area contributed by atoms with Crippen LogP contribution in [0.3, 0.4) is 0 Å². The van der Waals surface area contributed by atoms with E-state index in [9.17, 15) is 14.9 Å². The van der Waals surface area contributed by atoms with Crippen LogP contribution in [0.4, 0.5) is 5.82 Å². The van der Waals surface area contributed by atoms with Gasteiger partial charge < -0.3 is 4.90 Å². The van der Waals surface area contributed by atoms with E-state index < -0.39 is 0 Å². The molecule has 0 saturated carbocycles. The number of nitrogens with zero attached hydrogens (tertiary/aromatic N) is 4. The number of amides is 1. The fourth-order valence-electron chi connectivity index (χ4n) is 5.26. The number of carbonyl (C=O) groups is 1. The number of thiocarbonyl (C=S) groups is 1. The van der Waals surface area contributed by atoms with Crippen LogP contribution >= 0.6 is 24.0 Å². The van der Waals surface area contributed by atoms with Gasteiger partial charge in [0.1, 0.15) is 21.8 Å². The zero-order valence-electron chi connectivity index (χ0n) is 22.4. The van der Waals surface area contributed by atoms with Gasteiger partial charge >= 0.3 is 0 Å². The Hall–Kier alpha value is -2.11. The van der Waals surface area contributed by atoms with Crippen LogP contribution in [0.15, 0.2) is 9.70 Å². The lowest BCUT2D eigenvalue weighted by Gasteiger charge is -2.36. The fourth-order valence-corrected chi connectivity index (χ4v) is 6.52. The van der Waals surface area contributed by atoms with Gasteiger partial charge in [0.2, 0.25) is 0 Å². The molecule has 2 fully saturated rings. The van der Waals surface area contributed by atoms with Gasteiger partial charge in [-0.15, -0.1) is 0 Å². The number of rotatable bonds is 10. The number of hydrogen-bond donors (Lipinski definition) is 0. The van der Waals surface area contributed by atoms with Crippen LogP contribution in [-0.2, 0) is 11.3 Å².